The van der Waals surface area contributed by atoms with Crippen molar-refractivity contribution in [3.8, 4) is 11.5 Å². The molecule has 1 fully saturated rings. The molecule has 18 heavy (non-hydrogen) atoms. The molecule has 1 aromatic rings. The van der Waals surface area contributed by atoms with E-state index in [0.717, 1.165) is 13.0 Å². The standard InChI is InChI=1S/C14H16O4/c1-16-10-2-3-13-11(6-10)12(15)7-14(18-13)9-4-5-17-8-9/h2-3,6,9,14H,4-5,7-8H2,1H3. The van der Waals surface area contributed by atoms with Gasteiger partial charge in [0, 0.05) is 18.9 Å². The fourth-order valence-corrected chi connectivity index (χ4v) is 2.56. The Bertz CT molecular complexity index is 463. The summed E-state index contributed by atoms with van der Waals surface area (Å²) in [5.74, 6) is 1.83. The van der Waals surface area contributed by atoms with Gasteiger partial charge in [0.25, 0.3) is 0 Å². The minimum Gasteiger partial charge on any atom is -0.497 e. The maximum absolute atomic E-state index is 12.1. The molecule has 2 unspecified atom stereocenters. The van der Waals surface area contributed by atoms with Gasteiger partial charge in [0.1, 0.15) is 17.6 Å². The number of Topliss-reactive ketones (excluding diaryl/α,β-unsaturated/α-hetero) is 1. The highest BCUT2D eigenvalue weighted by atomic mass is 16.5. The molecule has 0 amide bonds. The number of benzene rings is 1. The van der Waals surface area contributed by atoms with Crippen LogP contribution in [0.3, 0.4) is 0 Å². The molecule has 0 saturated carbocycles. The number of hydrogen-bond donors (Lipinski definition) is 0. The molecule has 4 heteroatoms. The van der Waals surface area contributed by atoms with Crippen molar-refractivity contribution in [2.24, 2.45) is 5.92 Å². The van der Waals surface area contributed by atoms with Crippen molar-refractivity contribution >= 4 is 5.78 Å². The van der Waals surface area contributed by atoms with Gasteiger partial charge in [-0.1, -0.05) is 0 Å². The van der Waals surface area contributed by atoms with E-state index in [9.17, 15) is 4.79 Å². The second kappa shape index (κ2) is 4.61. The molecule has 2 heterocycles. The fraction of sp³-hybridized carbons (Fsp3) is 0.500. The minimum atomic E-state index is -0.0408. The van der Waals surface area contributed by atoms with Crippen molar-refractivity contribution in [3.63, 3.8) is 0 Å². The van der Waals surface area contributed by atoms with Gasteiger partial charge in [0.15, 0.2) is 5.78 Å². The summed E-state index contributed by atoms with van der Waals surface area (Å²) < 4.78 is 16.4. The van der Waals surface area contributed by atoms with Crippen LogP contribution < -0.4 is 9.47 Å². The Morgan fingerprint density at radius 1 is 1.39 bits per heavy atom. The fourth-order valence-electron chi connectivity index (χ4n) is 2.56. The first-order chi connectivity index (χ1) is 8.78. The normalized spacial score (nSPS) is 26.6. The Kier molecular flexibility index (Phi) is 2.96. The summed E-state index contributed by atoms with van der Waals surface area (Å²) >= 11 is 0. The molecular formula is C14H16O4. The van der Waals surface area contributed by atoms with E-state index < -0.39 is 0 Å². The summed E-state index contributed by atoms with van der Waals surface area (Å²) in [5.41, 5.74) is 0.629. The zero-order valence-electron chi connectivity index (χ0n) is 10.3. The van der Waals surface area contributed by atoms with E-state index in [1.54, 1.807) is 13.2 Å². The zero-order valence-corrected chi connectivity index (χ0v) is 10.3. The van der Waals surface area contributed by atoms with Gasteiger partial charge in [-0.3, -0.25) is 4.79 Å². The van der Waals surface area contributed by atoms with Crippen LogP contribution in [0.5, 0.6) is 11.5 Å². The Morgan fingerprint density at radius 3 is 3.00 bits per heavy atom. The average molecular weight is 248 g/mol. The molecule has 0 N–H and O–H groups in total. The van der Waals surface area contributed by atoms with Crippen LogP contribution in [0.4, 0.5) is 0 Å². The van der Waals surface area contributed by atoms with Crippen LogP contribution in [0.1, 0.15) is 23.2 Å². The Hall–Kier alpha value is -1.55. The van der Waals surface area contributed by atoms with Crippen molar-refractivity contribution in [2.45, 2.75) is 18.9 Å². The second-order valence-corrected chi connectivity index (χ2v) is 4.77. The highest BCUT2D eigenvalue weighted by Crippen LogP contribution is 2.34. The maximum atomic E-state index is 12.1. The number of ether oxygens (including phenoxy) is 3. The van der Waals surface area contributed by atoms with E-state index in [0.29, 0.717) is 36.0 Å². The summed E-state index contributed by atoms with van der Waals surface area (Å²) in [4.78, 5) is 12.1. The molecule has 2 atom stereocenters. The number of carbonyl (C=O) groups excluding carboxylic acids is 1. The van der Waals surface area contributed by atoms with Crippen molar-refractivity contribution in [1.82, 2.24) is 0 Å². The molecular weight excluding hydrogens is 232 g/mol. The molecule has 4 nitrogen and oxygen atoms in total. The second-order valence-electron chi connectivity index (χ2n) is 4.77. The summed E-state index contributed by atoms with van der Waals surface area (Å²) in [6.07, 6.45) is 1.37. The molecule has 0 aromatic heterocycles. The number of rotatable bonds is 2. The SMILES string of the molecule is COc1ccc2c(c1)C(=O)CC(C1CCOC1)O2. The largest absolute Gasteiger partial charge is 0.497 e. The molecule has 0 radical (unpaired) electrons. The summed E-state index contributed by atoms with van der Waals surface area (Å²) in [7, 11) is 1.59. The van der Waals surface area contributed by atoms with E-state index in [2.05, 4.69) is 0 Å². The first-order valence-corrected chi connectivity index (χ1v) is 6.23. The van der Waals surface area contributed by atoms with Crippen LogP contribution in [0, 0.1) is 5.92 Å². The Balaban J connectivity index is 1.85. The van der Waals surface area contributed by atoms with Crippen LogP contribution in [0.25, 0.3) is 0 Å². The van der Waals surface area contributed by atoms with E-state index in [1.807, 2.05) is 12.1 Å². The number of fused-ring (bicyclic) bond motifs is 1. The number of ketones is 1. The lowest BCUT2D eigenvalue weighted by Crippen LogP contribution is -2.34. The van der Waals surface area contributed by atoms with Gasteiger partial charge >= 0.3 is 0 Å². The summed E-state index contributed by atoms with van der Waals surface area (Å²) in [6.45, 7) is 1.47. The van der Waals surface area contributed by atoms with Crippen LogP contribution in [0.2, 0.25) is 0 Å². The smallest absolute Gasteiger partial charge is 0.170 e. The van der Waals surface area contributed by atoms with Gasteiger partial charge in [0.05, 0.1) is 19.3 Å². The van der Waals surface area contributed by atoms with Gasteiger partial charge in [-0.25, -0.2) is 0 Å². The quantitative estimate of drug-likeness (QED) is 0.803. The van der Waals surface area contributed by atoms with Crippen molar-refractivity contribution < 1.29 is 19.0 Å². The third-order valence-corrected chi connectivity index (χ3v) is 3.64. The first-order valence-electron chi connectivity index (χ1n) is 6.23. The van der Waals surface area contributed by atoms with Crippen LogP contribution in [0.15, 0.2) is 18.2 Å². The lowest BCUT2D eigenvalue weighted by Gasteiger charge is -2.28. The van der Waals surface area contributed by atoms with Gasteiger partial charge in [-0.2, -0.15) is 0 Å². The average Bonchev–Trinajstić information content (AvgIpc) is 2.92. The molecule has 1 aromatic carbocycles. The summed E-state index contributed by atoms with van der Waals surface area (Å²) in [5, 5.41) is 0. The van der Waals surface area contributed by atoms with E-state index in [4.69, 9.17) is 14.2 Å². The number of hydrogen-bond acceptors (Lipinski definition) is 4. The molecule has 1 saturated heterocycles. The minimum absolute atomic E-state index is 0.0408. The third kappa shape index (κ3) is 1.97. The van der Waals surface area contributed by atoms with E-state index >= 15 is 0 Å². The molecule has 0 bridgehead atoms. The lowest BCUT2D eigenvalue weighted by atomic mass is 9.92. The molecule has 0 aliphatic carbocycles. The zero-order chi connectivity index (χ0) is 12.5. The van der Waals surface area contributed by atoms with E-state index in [-0.39, 0.29) is 11.9 Å². The van der Waals surface area contributed by atoms with Crippen LogP contribution in [-0.2, 0) is 4.74 Å². The Morgan fingerprint density at radius 2 is 2.28 bits per heavy atom. The molecule has 3 rings (SSSR count). The predicted octanol–water partition coefficient (Wildman–Crippen LogP) is 2.07. The van der Waals surface area contributed by atoms with Crippen molar-refractivity contribution in [2.75, 3.05) is 20.3 Å². The lowest BCUT2D eigenvalue weighted by molar-refractivity contribution is 0.0692. The van der Waals surface area contributed by atoms with Crippen molar-refractivity contribution in [3.05, 3.63) is 23.8 Å². The van der Waals surface area contributed by atoms with Gasteiger partial charge in [-0.15, -0.1) is 0 Å². The summed E-state index contributed by atoms with van der Waals surface area (Å²) in [6, 6.07) is 5.38. The molecule has 0 spiro atoms. The third-order valence-electron chi connectivity index (χ3n) is 3.64. The highest BCUT2D eigenvalue weighted by molar-refractivity contribution is 6.00. The molecule has 2 aliphatic rings. The maximum Gasteiger partial charge on any atom is 0.170 e. The highest BCUT2D eigenvalue weighted by Gasteiger charge is 2.34. The van der Waals surface area contributed by atoms with Gasteiger partial charge < -0.3 is 14.2 Å². The number of carbonyl (C=O) groups is 1. The topological polar surface area (TPSA) is 44.8 Å². The number of methoxy groups -OCH3 is 1. The van der Waals surface area contributed by atoms with Crippen LogP contribution in [-0.4, -0.2) is 32.2 Å². The predicted molar refractivity (Wildman–Crippen MR) is 65.3 cm³/mol. The monoisotopic (exact) mass is 248 g/mol. The van der Waals surface area contributed by atoms with Crippen LogP contribution >= 0.6 is 0 Å². The Labute approximate surface area is 106 Å². The molecule has 2 aliphatic heterocycles. The first kappa shape index (κ1) is 11.5. The van der Waals surface area contributed by atoms with E-state index in [1.165, 1.54) is 0 Å². The molecule has 96 valence electrons. The van der Waals surface area contributed by atoms with Gasteiger partial charge in [0.2, 0.25) is 0 Å². The van der Waals surface area contributed by atoms with Gasteiger partial charge in [-0.05, 0) is 24.6 Å². The van der Waals surface area contributed by atoms with Crippen molar-refractivity contribution in [1.29, 1.82) is 0 Å².